The molecule has 1 aliphatic rings. The number of benzene rings is 1. The number of nitrogens with two attached hydrogens (primary N) is 1. The van der Waals surface area contributed by atoms with Crippen molar-refractivity contribution in [3.05, 3.63) is 58.8 Å². The van der Waals surface area contributed by atoms with Crippen molar-refractivity contribution >= 4 is 17.3 Å². The van der Waals surface area contributed by atoms with Crippen LogP contribution in [-0.2, 0) is 6.42 Å². The molecule has 1 heterocycles. The zero-order valence-electron chi connectivity index (χ0n) is 14.7. The van der Waals surface area contributed by atoms with E-state index in [0.717, 1.165) is 24.8 Å². The Kier molecular flexibility index (Phi) is 5.12. The van der Waals surface area contributed by atoms with Crippen molar-refractivity contribution in [1.82, 2.24) is 15.5 Å². The lowest BCUT2D eigenvalue weighted by atomic mass is 9.98. The first-order valence-corrected chi connectivity index (χ1v) is 8.72. The Balaban J connectivity index is 1.63. The Bertz CT molecular complexity index is 809. The predicted molar refractivity (Wildman–Crippen MR) is 100 cm³/mol. The highest BCUT2D eigenvalue weighted by atomic mass is 16.1. The molecule has 0 radical (unpaired) electrons. The molecule has 0 unspecified atom stereocenters. The lowest BCUT2D eigenvalue weighted by Gasteiger charge is -2.11. The van der Waals surface area contributed by atoms with Crippen LogP contribution in [-0.4, -0.2) is 22.6 Å². The fourth-order valence-corrected chi connectivity index (χ4v) is 2.93. The largest absolute Gasteiger partial charge is 0.382 e. The van der Waals surface area contributed by atoms with Gasteiger partial charge in [-0.1, -0.05) is 30.3 Å². The fourth-order valence-electron chi connectivity index (χ4n) is 2.93. The number of nitrogens with zero attached hydrogens (tertiary/aromatic N) is 2. The van der Waals surface area contributed by atoms with E-state index < -0.39 is 0 Å². The van der Waals surface area contributed by atoms with Crippen molar-refractivity contribution in [3.8, 4) is 0 Å². The summed E-state index contributed by atoms with van der Waals surface area (Å²) in [4.78, 5) is 12.4. The lowest BCUT2D eigenvalue weighted by molar-refractivity contribution is 0.0948. The van der Waals surface area contributed by atoms with Gasteiger partial charge in [0, 0.05) is 12.1 Å². The number of carbonyl (C=O) groups excluding carboxylic acids is 1. The molecule has 1 fully saturated rings. The molecule has 3 rings (SSSR count). The molecule has 0 bridgehead atoms. The summed E-state index contributed by atoms with van der Waals surface area (Å²) in [5, 5.41) is 10.8. The third-order valence-corrected chi connectivity index (χ3v) is 4.66. The molecule has 5 nitrogen and oxygen atoms in total. The standard InChI is InChI=1S/C20H24N4O/c1-3-13(2)16-7-5-4-6-14(16)10-11-22-20(25)18-12-17(15-8-9-15)19(21)24-23-18/h3-7,12,15H,8-11H2,1-2H3,(H2,21,24)(H,22,25)/b13-3-. The van der Waals surface area contributed by atoms with E-state index in [4.69, 9.17) is 5.73 Å². The summed E-state index contributed by atoms with van der Waals surface area (Å²) in [6.07, 6.45) is 5.09. The highest BCUT2D eigenvalue weighted by molar-refractivity contribution is 5.92. The van der Waals surface area contributed by atoms with Gasteiger partial charge in [-0.25, -0.2) is 0 Å². The highest BCUT2D eigenvalue weighted by Gasteiger charge is 2.27. The smallest absolute Gasteiger partial charge is 0.271 e. The van der Waals surface area contributed by atoms with Crippen molar-refractivity contribution in [3.63, 3.8) is 0 Å². The van der Waals surface area contributed by atoms with Crippen LogP contribution >= 0.6 is 0 Å². The van der Waals surface area contributed by atoms with E-state index in [1.54, 1.807) is 6.07 Å². The minimum absolute atomic E-state index is 0.199. The van der Waals surface area contributed by atoms with Crippen LogP contribution in [0.1, 0.15) is 59.8 Å². The number of hydrogen-bond acceptors (Lipinski definition) is 4. The van der Waals surface area contributed by atoms with Gasteiger partial charge in [0.05, 0.1) is 0 Å². The molecule has 1 saturated carbocycles. The number of nitrogen functional groups attached to an aromatic ring is 1. The zero-order valence-corrected chi connectivity index (χ0v) is 14.7. The lowest BCUT2D eigenvalue weighted by Crippen LogP contribution is -2.27. The number of carbonyl (C=O) groups is 1. The Morgan fingerprint density at radius 3 is 2.80 bits per heavy atom. The van der Waals surface area contributed by atoms with Gasteiger partial charge in [0.25, 0.3) is 5.91 Å². The van der Waals surface area contributed by atoms with E-state index in [1.165, 1.54) is 16.7 Å². The van der Waals surface area contributed by atoms with Gasteiger partial charge in [-0.2, -0.15) is 0 Å². The molecular weight excluding hydrogens is 312 g/mol. The summed E-state index contributed by atoms with van der Waals surface area (Å²) >= 11 is 0. The van der Waals surface area contributed by atoms with Crippen molar-refractivity contribution in [1.29, 1.82) is 0 Å². The van der Waals surface area contributed by atoms with Crippen LogP contribution in [0, 0.1) is 0 Å². The van der Waals surface area contributed by atoms with E-state index in [0.29, 0.717) is 24.0 Å². The third-order valence-electron chi connectivity index (χ3n) is 4.66. The maximum Gasteiger partial charge on any atom is 0.271 e. The number of anilines is 1. The molecule has 1 aromatic carbocycles. The second kappa shape index (κ2) is 7.47. The second-order valence-electron chi connectivity index (χ2n) is 6.48. The van der Waals surface area contributed by atoms with Gasteiger partial charge >= 0.3 is 0 Å². The van der Waals surface area contributed by atoms with Crippen LogP contribution in [0.5, 0.6) is 0 Å². The molecule has 0 saturated heterocycles. The summed E-state index contributed by atoms with van der Waals surface area (Å²) in [6.45, 7) is 4.68. The normalized spacial score (nSPS) is 14.4. The Morgan fingerprint density at radius 2 is 2.08 bits per heavy atom. The average Bonchev–Trinajstić information content (AvgIpc) is 3.46. The molecular formula is C20H24N4O. The first-order valence-electron chi connectivity index (χ1n) is 8.72. The van der Waals surface area contributed by atoms with E-state index in [9.17, 15) is 4.79 Å². The molecule has 130 valence electrons. The number of hydrogen-bond donors (Lipinski definition) is 2. The number of allylic oxidation sites excluding steroid dienone is 2. The molecule has 0 aliphatic heterocycles. The maximum absolute atomic E-state index is 12.4. The van der Waals surface area contributed by atoms with Gasteiger partial charge in [-0.05, 0) is 61.8 Å². The second-order valence-corrected chi connectivity index (χ2v) is 6.48. The summed E-state index contributed by atoms with van der Waals surface area (Å²) in [5.41, 5.74) is 10.8. The van der Waals surface area contributed by atoms with Gasteiger partial charge in [0.15, 0.2) is 5.69 Å². The van der Waals surface area contributed by atoms with Crippen molar-refractivity contribution in [2.24, 2.45) is 0 Å². The Hall–Kier alpha value is -2.69. The molecule has 1 amide bonds. The number of nitrogens with one attached hydrogen (secondary N) is 1. The van der Waals surface area contributed by atoms with Crippen molar-refractivity contribution in [2.75, 3.05) is 12.3 Å². The van der Waals surface area contributed by atoms with Crippen LogP contribution in [0.2, 0.25) is 0 Å². The number of amides is 1. The first-order chi connectivity index (χ1) is 12.1. The molecule has 0 atom stereocenters. The SMILES string of the molecule is C/C=C(/C)c1ccccc1CCNC(=O)c1cc(C2CC2)c(N)nn1. The topological polar surface area (TPSA) is 80.9 Å². The monoisotopic (exact) mass is 336 g/mol. The molecule has 3 N–H and O–H groups in total. The predicted octanol–water partition coefficient (Wildman–Crippen LogP) is 3.33. The van der Waals surface area contributed by atoms with Gasteiger partial charge in [0.1, 0.15) is 5.82 Å². The number of aromatic nitrogens is 2. The van der Waals surface area contributed by atoms with Gasteiger partial charge in [0.2, 0.25) is 0 Å². The zero-order chi connectivity index (χ0) is 17.8. The van der Waals surface area contributed by atoms with Gasteiger partial charge < -0.3 is 11.1 Å². The minimum atomic E-state index is -0.199. The first kappa shape index (κ1) is 17.1. The molecule has 1 aliphatic carbocycles. The Morgan fingerprint density at radius 1 is 1.32 bits per heavy atom. The van der Waals surface area contributed by atoms with Crippen LogP contribution < -0.4 is 11.1 Å². The van der Waals surface area contributed by atoms with Gasteiger partial charge in [-0.3, -0.25) is 4.79 Å². The quantitative estimate of drug-likeness (QED) is 0.848. The fraction of sp³-hybridized carbons (Fsp3) is 0.350. The van der Waals surface area contributed by atoms with Crippen LogP contribution in [0.25, 0.3) is 5.57 Å². The minimum Gasteiger partial charge on any atom is -0.382 e. The van der Waals surface area contributed by atoms with Crippen LogP contribution in [0.4, 0.5) is 5.82 Å². The van der Waals surface area contributed by atoms with Crippen molar-refractivity contribution in [2.45, 2.75) is 39.0 Å². The van der Waals surface area contributed by atoms with Crippen LogP contribution in [0.3, 0.4) is 0 Å². The number of rotatable bonds is 6. The van der Waals surface area contributed by atoms with Crippen LogP contribution in [0.15, 0.2) is 36.4 Å². The Labute approximate surface area is 148 Å². The molecule has 1 aromatic heterocycles. The van der Waals surface area contributed by atoms with E-state index in [-0.39, 0.29) is 5.91 Å². The van der Waals surface area contributed by atoms with E-state index in [1.807, 2.05) is 19.1 Å². The summed E-state index contributed by atoms with van der Waals surface area (Å²) < 4.78 is 0. The molecule has 0 spiro atoms. The highest BCUT2D eigenvalue weighted by Crippen LogP contribution is 2.42. The van der Waals surface area contributed by atoms with E-state index in [2.05, 4.69) is 40.6 Å². The molecule has 25 heavy (non-hydrogen) atoms. The van der Waals surface area contributed by atoms with Gasteiger partial charge in [-0.15, -0.1) is 10.2 Å². The average molecular weight is 336 g/mol. The van der Waals surface area contributed by atoms with E-state index >= 15 is 0 Å². The third kappa shape index (κ3) is 4.05. The summed E-state index contributed by atoms with van der Waals surface area (Å²) in [5.74, 6) is 0.683. The maximum atomic E-state index is 12.4. The summed E-state index contributed by atoms with van der Waals surface area (Å²) in [6, 6.07) is 10.1. The summed E-state index contributed by atoms with van der Waals surface area (Å²) in [7, 11) is 0. The van der Waals surface area contributed by atoms with Crippen molar-refractivity contribution < 1.29 is 4.79 Å². The molecule has 2 aromatic rings. The molecule has 5 heteroatoms.